The van der Waals surface area contributed by atoms with Crippen molar-refractivity contribution in [3.05, 3.63) is 38.9 Å². The third-order valence-electron chi connectivity index (χ3n) is 3.53. The number of nitrogens with zero attached hydrogens (tertiary/aromatic N) is 1. The second-order valence-corrected chi connectivity index (χ2v) is 5.55. The van der Waals surface area contributed by atoms with Crippen LogP contribution in [-0.2, 0) is 0 Å². The van der Waals surface area contributed by atoms with Gasteiger partial charge in [-0.25, -0.2) is 0 Å². The van der Waals surface area contributed by atoms with Crippen LogP contribution in [0.25, 0.3) is 0 Å². The van der Waals surface area contributed by atoms with E-state index in [0.29, 0.717) is 0 Å². The molecular weight excluding hydrogens is 268 g/mol. The lowest BCUT2D eigenvalue weighted by Crippen LogP contribution is -2.43. The van der Waals surface area contributed by atoms with Gasteiger partial charge in [-0.1, -0.05) is 24.4 Å². The van der Waals surface area contributed by atoms with Crippen molar-refractivity contribution in [2.75, 3.05) is 0 Å². The molecule has 2 rings (SSSR count). The van der Waals surface area contributed by atoms with Gasteiger partial charge in [0.25, 0.3) is 11.6 Å². The predicted molar refractivity (Wildman–Crippen MR) is 72.4 cm³/mol. The van der Waals surface area contributed by atoms with Gasteiger partial charge in [-0.05, 0) is 31.9 Å². The maximum atomic E-state index is 12.1. The number of nitro groups is 1. The van der Waals surface area contributed by atoms with Crippen molar-refractivity contribution < 1.29 is 9.72 Å². The van der Waals surface area contributed by atoms with Gasteiger partial charge in [0, 0.05) is 17.2 Å². The highest BCUT2D eigenvalue weighted by molar-refractivity contribution is 6.32. The molecule has 1 aromatic carbocycles. The average Bonchev–Trinajstić information content (AvgIpc) is 2.75. The van der Waals surface area contributed by atoms with E-state index in [9.17, 15) is 14.9 Å². The molecule has 1 saturated carbocycles. The summed E-state index contributed by atoms with van der Waals surface area (Å²) in [7, 11) is 0. The van der Waals surface area contributed by atoms with Gasteiger partial charge in [0.15, 0.2) is 0 Å². The molecule has 0 unspecified atom stereocenters. The summed E-state index contributed by atoms with van der Waals surface area (Å²) in [5.41, 5.74) is -0.180. The number of carbonyl (C=O) groups is 1. The van der Waals surface area contributed by atoms with E-state index in [1.165, 1.54) is 18.2 Å². The zero-order valence-corrected chi connectivity index (χ0v) is 11.4. The molecule has 0 aliphatic heterocycles. The molecule has 0 atom stereocenters. The third kappa shape index (κ3) is 3.04. The van der Waals surface area contributed by atoms with Crippen LogP contribution in [0.2, 0.25) is 5.02 Å². The van der Waals surface area contributed by atoms with Gasteiger partial charge in [-0.2, -0.15) is 0 Å². The van der Waals surface area contributed by atoms with E-state index in [2.05, 4.69) is 5.32 Å². The van der Waals surface area contributed by atoms with E-state index in [4.69, 9.17) is 11.6 Å². The molecule has 0 heterocycles. The lowest BCUT2D eigenvalue weighted by molar-refractivity contribution is -0.384. The standard InChI is InChI=1S/C13H15ClN2O3/c1-13(6-2-3-7-13)15-12(17)9-4-5-10(14)11(8-9)16(18)19/h4-5,8H,2-3,6-7H2,1H3,(H,15,17). The minimum absolute atomic E-state index is 0.0358. The van der Waals surface area contributed by atoms with E-state index < -0.39 is 4.92 Å². The Morgan fingerprint density at radius 2 is 2.05 bits per heavy atom. The van der Waals surface area contributed by atoms with Crippen LogP contribution in [-0.4, -0.2) is 16.4 Å². The first-order chi connectivity index (χ1) is 8.91. The second-order valence-electron chi connectivity index (χ2n) is 5.15. The Bertz CT molecular complexity index is 525. The van der Waals surface area contributed by atoms with Gasteiger partial charge in [0.05, 0.1) is 4.92 Å². The van der Waals surface area contributed by atoms with Gasteiger partial charge in [-0.15, -0.1) is 0 Å². The molecule has 1 amide bonds. The van der Waals surface area contributed by atoms with E-state index in [1.807, 2.05) is 6.92 Å². The number of amides is 1. The Balaban J connectivity index is 2.19. The lowest BCUT2D eigenvalue weighted by atomic mass is 10.00. The summed E-state index contributed by atoms with van der Waals surface area (Å²) >= 11 is 5.72. The normalized spacial score (nSPS) is 17.2. The molecule has 0 saturated heterocycles. The molecule has 1 N–H and O–H groups in total. The molecule has 19 heavy (non-hydrogen) atoms. The monoisotopic (exact) mass is 282 g/mol. The summed E-state index contributed by atoms with van der Waals surface area (Å²) in [5, 5.41) is 13.8. The highest BCUT2D eigenvalue weighted by Crippen LogP contribution is 2.30. The molecule has 1 aliphatic carbocycles. The van der Waals surface area contributed by atoms with E-state index in [0.717, 1.165) is 25.7 Å². The fourth-order valence-corrected chi connectivity index (χ4v) is 2.61. The molecule has 6 heteroatoms. The van der Waals surface area contributed by atoms with Crippen LogP contribution in [0.5, 0.6) is 0 Å². The Labute approximate surface area is 116 Å². The number of rotatable bonds is 3. The maximum Gasteiger partial charge on any atom is 0.288 e. The average molecular weight is 283 g/mol. The van der Waals surface area contributed by atoms with Crippen molar-refractivity contribution in [3.8, 4) is 0 Å². The number of hydrogen-bond acceptors (Lipinski definition) is 3. The zero-order chi connectivity index (χ0) is 14.0. The molecule has 1 aromatic rings. The van der Waals surface area contributed by atoms with Crippen molar-refractivity contribution in [3.63, 3.8) is 0 Å². The van der Waals surface area contributed by atoms with Crippen molar-refractivity contribution >= 4 is 23.2 Å². The van der Waals surface area contributed by atoms with Crippen LogP contribution < -0.4 is 5.32 Å². The van der Waals surface area contributed by atoms with Crippen LogP contribution in [0.4, 0.5) is 5.69 Å². The van der Waals surface area contributed by atoms with Crippen LogP contribution in [0.1, 0.15) is 43.0 Å². The SMILES string of the molecule is CC1(NC(=O)c2ccc(Cl)c([N+](=O)[O-])c2)CCCC1. The lowest BCUT2D eigenvalue weighted by Gasteiger charge is -2.25. The molecule has 0 aromatic heterocycles. The van der Waals surface area contributed by atoms with E-state index in [1.54, 1.807) is 0 Å². The van der Waals surface area contributed by atoms with Gasteiger partial charge in [0.2, 0.25) is 0 Å². The molecule has 5 nitrogen and oxygen atoms in total. The fraction of sp³-hybridized carbons (Fsp3) is 0.462. The highest BCUT2D eigenvalue weighted by Gasteiger charge is 2.30. The summed E-state index contributed by atoms with van der Waals surface area (Å²) in [6.45, 7) is 2.00. The molecule has 102 valence electrons. The molecule has 1 aliphatic rings. The summed E-state index contributed by atoms with van der Waals surface area (Å²) < 4.78 is 0. The Morgan fingerprint density at radius 3 is 2.63 bits per heavy atom. The molecule has 0 spiro atoms. The number of halogens is 1. The smallest absolute Gasteiger partial charge is 0.288 e. The van der Waals surface area contributed by atoms with Crippen LogP contribution in [0, 0.1) is 10.1 Å². The van der Waals surface area contributed by atoms with Crippen LogP contribution in [0.15, 0.2) is 18.2 Å². The summed E-state index contributed by atoms with van der Waals surface area (Å²) in [6.07, 6.45) is 4.07. The molecule has 0 bridgehead atoms. The first kappa shape index (κ1) is 13.8. The maximum absolute atomic E-state index is 12.1. The van der Waals surface area contributed by atoms with Gasteiger partial charge < -0.3 is 5.32 Å². The second kappa shape index (κ2) is 5.17. The Morgan fingerprint density at radius 1 is 1.42 bits per heavy atom. The number of hydrogen-bond donors (Lipinski definition) is 1. The van der Waals surface area contributed by atoms with Gasteiger partial charge >= 0.3 is 0 Å². The Kier molecular flexibility index (Phi) is 3.75. The van der Waals surface area contributed by atoms with E-state index >= 15 is 0 Å². The molecule has 1 fully saturated rings. The summed E-state index contributed by atoms with van der Waals surface area (Å²) in [4.78, 5) is 22.3. The van der Waals surface area contributed by atoms with Gasteiger partial charge in [0.1, 0.15) is 5.02 Å². The quantitative estimate of drug-likeness (QED) is 0.683. The van der Waals surface area contributed by atoms with Gasteiger partial charge in [-0.3, -0.25) is 14.9 Å². The third-order valence-corrected chi connectivity index (χ3v) is 3.85. The van der Waals surface area contributed by atoms with Crippen molar-refractivity contribution in [2.24, 2.45) is 0 Å². The minimum atomic E-state index is -0.587. The van der Waals surface area contributed by atoms with Crippen LogP contribution in [0.3, 0.4) is 0 Å². The predicted octanol–water partition coefficient (Wildman–Crippen LogP) is 3.31. The number of benzene rings is 1. The first-order valence-electron chi connectivity index (χ1n) is 6.18. The number of carbonyl (C=O) groups excluding carboxylic acids is 1. The minimum Gasteiger partial charge on any atom is -0.347 e. The molecular formula is C13H15ClN2O3. The highest BCUT2D eigenvalue weighted by atomic mass is 35.5. The fourth-order valence-electron chi connectivity index (χ4n) is 2.42. The van der Waals surface area contributed by atoms with Crippen molar-refractivity contribution in [1.29, 1.82) is 0 Å². The number of nitro benzene ring substituents is 1. The number of nitrogens with one attached hydrogen (secondary N) is 1. The summed E-state index contributed by atoms with van der Waals surface area (Å²) in [6, 6.07) is 4.10. The zero-order valence-electron chi connectivity index (χ0n) is 10.6. The van der Waals surface area contributed by atoms with Crippen molar-refractivity contribution in [1.82, 2.24) is 5.32 Å². The van der Waals surface area contributed by atoms with Crippen LogP contribution >= 0.6 is 11.6 Å². The van der Waals surface area contributed by atoms with Crippen molar-refractivity contribution in [2.45, 2.75) is 38.1 Å². The largest absolute Gasteiger partial charge is 0.347 e. The summed E-state index contributed by atoms with van der Waals surface area (Å²) in [5.74, 6) is -0.288. The topological polar surface area (TPSA) is 72.2 Å². The Hall–Kier alpha value is -1.62. The molecule has 0 radical (unpaired) electrons. The van der Waals surface area contributed by atoms with E-state index in [-0.39, 0.29) is 27.7 Å². The first-order valence-corrected chi connectivity index (χ1v) is 6.55.